The maximum absolute atomic E-state index is 14.7. The quantitative estimate of drug-likeness (QED) is 0.795. The molecule has 1 fully saturated rings. The van der Waals surface area contributed by atoms with Gasteiger partial charge in [-0.1, -0.05) is 0 Å². The van der Waals surface area contributed by atoms with Crippen LogP contribution < -0.4 is 15.5 Å². The van der Waals surface area contributed by atoms with Gasteiger partial charge in [0.1, 0.15) is 11.6 Å². The average Bonchev–Trinajstić information content (AvgIpc) is 2.82. The fourth-order valence-electron chi connectivity index (χ4n) is 3.60. The van der Waals surface area contributed by atoms with Crippen LogP contribution in [0.25, 0.3) is 5.57 Å². The molecule has 28 heavy (non-hydrogen) atoms. The van der Waals surface area contributed by atoms with Crippen molar-refractivity contribution in [1.29, 1.82) is 0 Å². The van der Waals surface area contributed by atoms with E-state index in [0.29, 0.717) is 28.2 Å². The van der Waals surface area contributed by atoms with Crippen molar-refractivity contribution in [3.8, 4) is 0 Å². The Kier molecular flexibility index (Phi) is 5.00. The molecule has 0 aliphatic carbocycles. The molecule has 0 saturated carbocycles. The summed E-state index contributed by atoms with van der Waals surface area (Å²) in [6.45, 7) is 3.51. The molecule has 7 heteroatoms. The molecule has 2 aromatic rings. The summed E-state index contributed by atoms with van der Waals surface area (Å²) in [4.78, 5) is 16.4. The van der Waals surface area contributed by atoms with Crippen molar-refractivity contribution >= 4 is 28.5 Å². The number of carbonyl (C=O) groups excluding carboxylic acids is 1. The van der Waals surface area contributed by atoms with Crippen LogP contribution >= 0.6 is 0 Å². The summed E-state index contributed by atoms with van der Waals surface area (Å²) in [5.41, 5.74) is 2.47. The van der Waals surface area contributed by atoms with Crippen LogP contribution in [-0.4, -0.2) is 44.0 Å². The number of benzene rings is 2. The van der Waals surface area contributed by atoms with Crippen molar-refractivity contribution in [2.45, 2.75) is 6.42 Å². The van der Waals surface area contributed by atoms with Crippen LogP contribution in [0.1, 0.15) is 12.0 Å². The van der Waals surface area contributed by atoms with Gasteiger partial charge in [-0.3, -0.25) is 4.79 Å². The Balaban J connectivity index is 1.52. The van der Waals surface area contributed by atoms with Crippen LogP contribution in [-0.2, 0) is 4.79 Å². The zero-order valence-corrected chi connectivity index (χ0v) is 15.6. The standard InChI is InChI=1S/C21H22F2N4O/c1-26-7-2-8-27(10-9-26)20-6-4-15(12-18(20)23)24-13-17-16-11-14(22)3-5-19(16)25-21(17)28/h3-6,11-13,24H,2,7-10H2,1H3,(H,25,28). The van der Waals surface area contributed by atoms with Crippen LogP contribution in [0.5, 0.6) is 0 Å². The van der Waals surface area contributed by atoms with Crippen molar-refractivity contribution in [2.24, 2.45) is 0 Å². The van der Waals surface area contributed by atoms with E-state index < -0.39 is 5.82 Å². The highest BCUT2D eigenvalue weighted by atomic mass is 19.1. The first-order valence-corrected chi connectivity index (χ1v) is 9.32. The summed E-state index contributed by atoms with van der Waals surface area (Å²) in [5.74, 6) is -1.05. The Morgan fingerprint density at radius 3 is 2.75 bits per heavy atom. The maximum atomic E-state index is 14.7. The van der Waals surface area contributed by atoms with Gasteiger partial charge in [-0.2, -0.15) is 0 Å². The molecule has 4 rings (SSSR count). The second-order valence-electron chi connectivity index (χ2n) is 7.16. The fourth-order valence-corrected chi connectivity index (χ4v) is 3.60. The Hall–Kier alpha value is -2.93. The topological polar surface area (TPSA) is 47.6 Å². The Morgan fingerprint density at radius 2 is 1.93 bits per heavy atom. The van der Waals surface area contributed by atoms with Gasteiger partial charge in [-0.25, -0.2) is 8.78 Å². The Bertz CT molecular complexity index is 944. The Morgan fingerprint density at radius 1 is 1.07 bits per heavy atom. The monoisotopic (exact) mass is 384 g/mol. The number of anilines is 3. The summed E-state index contributed by atoms with van der Waals surface area (Å²) in [6.07, 6.45) is 2.48. The number of nitrogens with zero attached hydrogens (tertiary/aromatic N) is 2. The number of hydrogen-bond donors (Lipinski definition) is 2. The van der Waals surface area contributed by atoms with E-state index in [4.69, 9.17) is 0 Å². The van der Waals surface area contributed by atoms with Crippen LogP contribution in [0.3, 0.4) is 0 Å². The number of likely N-dealkylation sites (N-methyl/N-ethyl adjacent to an activating group) is 1. The molecule has 146 valence electrons. The van der Waals surface area contributed by atoms with Crippen LogP contribution in [0.4, 0.5) is 25.8 Å². The van der Waals surface area contributed by atoms with Gasteiger partial charge in [0.25, 0.3) is 5.91 Å². The van der Waals surface area contributed by atoms with E-state index in [1.54, 1.807) is 12.1 Å². The number of hydrogen-bond acceptors (Lipinski definition) is 4. The maximum Gasteiger partial charge on any atom is 0.257 e. The smallest absolute Gasteiger partial charge is 0.257 e. The van der Waals surface area contributed by atoms with Crippen LogP contribution in [0.15, 0.2) is 42.6 Å². The number of fused-ring (bicyclic) bond motifs is 1. The number of halogens is 2. The summed E-state index contributed by atoms with van der Waals surface area (Å²) < 4.78 is 28.2. The SMILES string of the molecule is CN1CCCN(c2ccc(NC=C3C(=O)Nc4ccc(F)cc43)cc2F)CC1. The van der Waals surface area contributed by atoms with Gasteiger partial charge >= 0.3 is 0 Å². The lowest BCUT2D eigenvalue weighted by atomic mass is 10.1. The number of carbonyl (C=O) groups is 1. The van der Waals surface area contributed by atoms with Crippen molar-refractivity contribution in [3.63, 3.8) is 0 Å². The second-order valence-corrected chi connectivity index (χ2v) is 7.16. The first-order chi connectivity index (χ1) is 13.5. The molecule has 0 radical (unpaired) electrons. The highest BCUT2D eigenvalue weighted by molar-refractivity contribution is 6.31. The summed E-state index contributed by atoms with van der Waals surface area (Å²) in [6, 6.07) is 9.08. The fraction of sp³-hybridized carbons (Fsp3) is 0.286. The van der Waals surface area contributed by atoms with E-state index >= 15 is 0 Å². The molecule has 0 bridgehead atoms. The number of rotatable bonds is 3. The largest absolute Gasteiger partial charge is 0.368 e. The van der Waals surface area contributed by atoms with E-state index in [9.17, 15) is 13.6 Å². The molecule has 2 aliphatic rings. The molecule has 0 spiro atoms. The number of amides is 1. The molecular weight excluding hydrogens is 362 g/mol. The molecule has 2 N–H and O–H groups in total. The predicted molar refractivity (Wildman–Crippen MR) is 107 cm³/mol. The van der Waals surface area contributed by atoms with Crippen molar-refractivity contribution in [1.82, 2.24) is 4.90 Å². The molecule has 0 unspecified atom stereocenters. The van der Waals surface area contributed by atoms with E-state index in [-0.39, 0.29) is 11.7 Å². The first-order valence-electron chi connectivity index (χ1n) is 9.32. The Labute approximate surface area is 162 Å². The van der Waals surface area contributed by atoms with Gasteiger partial charge in [0.05, 0.1) is 11.3 Å². The average molecular weight is 384 g/mol. The molecule has 5 nitrogen and oxygen atoms in total. The summed E-state index contributed by atoms with van der Waals surface area (Å²) in [7, 11) is 2.07. The van der Waals surface area contributed by atoms with Crippen molar-refractivity contribution in [2.75, 3.05) is 48.8 Å². The molecular formula is C21H22F2N4O. The zero-order chi connectivity index (χ0) is 19.7. The second kappa shape index (κ2) is 7.59. The molecule has 1 saturated heterocycles. The van der Waals surface area contributed by atoms with Crippen molar-refractivity contribution in [3.05, 3.63) is 59.8 Å². The molecule has 0 aromatic heterocycles. The third kappa shape index (κ3) is 3.71. The first kappa shape index (κ1) is 18.4. The lowest BCUT2D eigenvalue weighted by molar-refractivity contribution is -0.110. The van der Waals surface area contributed by atoms with E-state index in [1.807, 2.05) is 0 Å². The van der Waals surface area contributed by atoms with Gasteiger partial charge in [-0.15, -0.1) is 0 Å². The highest BCUT2D eigenvalue weighted by Gasteiger charge is 2.24. The van der Waals surface area contributed by atoms with Gasteiger partial charge in [0.15, 0.2) is 0 Å². The third-order valence-corrected chi connectivity index (χ3v) is 5.16. The van der Waals surface area contributed by atoms with Gasteiger partial charge < -0.3 is 20.4 Å². The van der Waals surface area contributed by atoms with E-state index in [2.05, 4.69) is 27.5 Å². The zero-order valence-electron chi connectivity index (χ0n) is 15.6. The minimum atomic E-state index is -0.417. The van der Waals surface area contributed by atoms with Gasteiger partial charge in [0, 0.05) is 42.8 Å². The molecule has 2 heterocycles. The van der Waals surface area contributed by atoms with Crippen LogP contribution in [0, 0.1) is 11.6 Å². The van der Waals surface area contributed by atoms with Crippen molar-refractivity contribution < 1.29 is 13.6 Å². The number of nitrogens with one attached hydrogen (secondary N) is 2. The summed E-state index contributed by atoms with van der Waals surface area (Å²) >= 11 is 0. The van der Waals surface area contributed by atoms with Gasteiger partial charge in [0.2, 0.25) is 0 Å². The highest BCUT2D eigenvalue weighted by Crippen LogP contribution is 2.32. The molecule has 1 amide bonds. The third-order valence-electron chi connectivity index (χ3n) is 5.16. The predicted octanol–water partition coefficient (Wildman–Crippen LogP) is 3.51. The van der Waals surface area contributed by atoms with E-state index in [1.165, 1.54) is 30.5 Å². The molecule has 2 aromatic carbocycles. The van der Waals surface area contributed by atoms with Crippen LogP contribution in [0.2, 0.25) is 0 Å². The summed E-state index contributed by atoms with van der Waals surface area (Å²) in [5, 5.41) is 5.64. The lowest BCUT2D eigenvalue weighted by Gasteiger charge is -2.23. The minimum absolute atomic E-state index is 0.310. The van der Waals surface area contributed by atoms with Gasteiger partial charge in [-0.05, 0) is 56.4 Å². The molecule has 2 aliphatic heterocycles. The molecule has 0 atom stereocenters. The van der Waals surface area contributed by atoms with E-state index in [0.717, 1.165) is 32.6 Å². The normalized spacial score (nSPS) is 18.8. The minimum Gasteiger partial charge on any atom is -0.368 e. The lowest BCUT2D eigenvalue weighted by Crippen LogP contribution is -2.29.